The number of nitrogens with zero attached hydrogens (tertiary/aromatic N) is 3. The standard InChI is InChI=1S/C34H32BrN5O3/c1-42-31-18-25-13-15-40(20-26(25)19-32(31)43-2)16-14-36-34(41)23-5-3-22(4-6-23)24-7-12-30-29(17-24)33(38-21-37-30)39-28-10-8-27(35)9-11-28/h3-12,17-19,21H,13-16,20H2,1-2H3,(H,36,41)(H,37,38,39). The lowest BCUT2D eigenvalue weighted by Crippen LogP contribution is -2.37. The Kier molecular flexibility index (Phi) is 8.53. The molecule has 4 aromatic carbocycles. The second kappa shape index (κ2) is 12.8. The van der Waals surface area contributed by atoms with Gasteiger partial charge in [0.05, 0.1) is 19.7 Å². The minimum atomic E-state index is -0.0803. The summed E-state index contributed by atoms with van der Waals surface area (Å²) in [5.74, 6) is 2.17. The van der Waals surface area contributed by atoms with Gasteiger partial charge < -0.3 is 20.1 Å². The topological polar surface area (TPSA) is 88.6 Å². The van der Waals surface area contributed by atoms with Crippen molar-refractivity contribution in [3.05, 3.63) is 106 Å². The minimum Gasteiger partial charge on any atom is -0.493 e. The lowest BCUT2D eigenvalue weighted by Gasteiger charge is -2.29. The molecule has 0 spiro atoms. The maximum absolute atomic E-state index is 12.9. The van der Waals surface area contributed by atoms with Gasteiger partial charge >= 0.3 is 0 Å². The van der Waals surface area contributed by atoms with Gasteiger partial charge in [-0.15, -0.1) is 0 Å². The second-order valence-electron chi connectivity index (χ2n) is 10.4. The molecule has 0 fully saturated rings. The maximum Gasteiger partial charge on any atom is 0.251 e. The molecule has 5 aromatic rings. The first kappa shape index (κ1) is 28.6. The SMILES string of the molecule is COc1cc2c(cc1OC)CN(CCNC(=O)c1ccc(-c3ccc4ncnc(Nc5ccc(Br)cc5)c4c3)cc1)CC2. The number of aromatic nitrogens is 2. The summed E-state index contributed by atoms with van der Waals surface area (Å²) < 4.78 is 11.9. The molecule has 8 nitrogen and oxygen atoms in total. The summed E-state index contributed by atoms with van der Waals surface area (Å²) in [6, 6.07) is 25.9. The van der Waals surface area contributed by atoms with E-state index in [2.05, 4.69) is 59.6 Å². The fourth-order valence-electron chi connectivity index (χ4n) is 5.38. The van der Waals surface area contributed by atoms with E-state index in [1.807, 2.05) is 60.7 Å². The summed E-state index contributed by atoms with van der Waals surface area (Å²) in [7, 11) is 3.32. The molecule has 1 amide bonds. The molecule has 0 radical (unpaired) electrons. The minimum absolute atomic E-state index is 0.0803. The van der Waals surface area contributed by atoms with Gasteiger partial charge in [-0.1, -0.05) is 34.1 Å². The van der Waals surface area contributed by atoms with Crippen molar-refractivity contribution in [2.45, 2.75) is 13.0 Å². The molecule has 6 rings (SSSR count). The number of anilines is 2. The summed E-state index contributed by atoms with van der Waals surface area (Å²) in [6.45, 7) is 3.09. The highest BCUT2D eigenvalue weighted by molar-refractivity contribution is 9.10. The summed E-state index contributed by atoms with van der Waals surface area (Å²) in [5.41, 5.74) is 6.98. The molecule has 0 aliphatic carbocycles. The van der Waals surface area contributed by atoms with Gasteiger partial charge in [0.25, 0.3) is 5.91 Å². The Morgan fingerprint density at radius 2 is 1.60 bits per heavy atom. The van der Waals surface area contributed by atoms with Crippen molar-refractivity contribution in [3.8, 4) is 22.6 Å². The third-order valence-corrected chi connectivity index (χ3v) is 8.26. The van der Waals surface area contributed by atoms with E-state index in [0.717, 1.165) is 75.6 Å². The number of rotatable bonds is 9. The molecule has 2 N–H and O–H groups in total. The number of nitrogens with one attached hydrogen (secondary N) is 2. The van der Waals surface area contributed by atoms with Gasteiger partial charge in [-0.05, 0) is 89.3 Å². The molecule has 1 aliphatic rings. The number of benzene rings is 4. The Hall–Kier alpha value is -4.47. The molecule has 0 saturated carbocycles. The van der Waals surface area contributed by atoms with Crippen LogP contribution < -0.4 is 20.1 Å². The normalized spacial score (nSPS) is 12.9. The highest BCUT2D eigenvalue weighted by Crippen LogP contribution is 2.33. The molecule has 2 heterocycles. The molecule has 1 aliphatic heterocycles. The lowest BCUT2D eigenvalue weighted by atomic mass is 9.99. The summed E-state index contributed by atoms with van der Waals surface area (Å²) in [4.78, 5) is 24.2. The molecule has 9 heteroatoms. The van der Waals surface area contributed by atoms with Crippen molar-refractivity contribution >= 4 is 44.2 Å². The van der Waals surface area contributed by atoms with Crippen LogP contribution in [0.2, 0.25) is 0 Å². The molecule has 218 valence electrons. The molecule has 0 atom stereocenters. The van der Waals surface area contributed by atoms with Gasteiger partial charge in [0.15, 0.2) is 11.5 Å². The van der Waals surface area contributed by atoms with Crippen molar-refractivity contribution in [1.82, 2.24) is 20.2 Å². The Bertz CT molecular complexity index is 1760. The van der Waals surface area contributed by atoms with Gasteiger partial charge in [-0.25, -0.2) is 9.97 Å². The fraction of sp³-hybridized carbons (Fsp3) is 0.206. The molecule has 43 heavy (non-hydrogen) atoms. The highest BCUT2D eigenvalue weighted by atomic mass is 79.9. The van der Waals surface area contributed by atoms with Crippen LogP contribution in [-0.4, -0.2) is 54.6 Å². The average Bonchev–Trinajstić information content (AvgIpc) is 3.05. The van der Waals surface area contributed by atoms with Crippen LogP contribution in [0.5, 0.6) is 11.5 Å². The zero-order valence-electron chi connectivity index (χ0n) is 24.1. The lowest BCUT2D eigenvalue weighted by molar-refractivity contribution is 0.0947. The zero-order chi connectivity index (χ0) is 29.8. The van der Waals surface area contributed by atoms with Gasteiger partial charge in [-0.3, -0.25) is 9.69 Å². The predicted molar refractivity (Wildman–Crippen MR) is 173 cm³/mol. The van der Waals surface area contributed by atoms with E-state index in [-0.39, 0.29) is 5.91 Å². The summed E-state index contributed by atoms with van der Waals surface area (Å²) >= 11 is 3.47. The highest BCUT2D eigenvalue weighted by Gasteiger charge is 2.19. The molecular weight excluding hydrogens is 606 g/mol. The van der Waals surface area contributed by atoms with Crippen LogP contribution in [0.15, 0.2) is 89.7 Å². The van der Waals surface area contributed by atoms with E-state index in [1.165, 1.54) is 11.1 Å². The van der Waals surface area contributed by atoms with Crippen LogP contribution in [0.25, 0.3) is 22.0 Å². The van der Waals surface area contributed by atoms with Crippen molar-refractivity contribution in [2.75, 3.05) is 39.2 Å². The van der Waals surface area contributed by atoms with Crippen molar-refractivity contribution in [3.63, 3.8) is 0 Å². The first-order valence-corrected chi connectivity index (χ1v) is 14.9. The Morgan fingerprint density at radius 3 is 2.35 bits per heavy atom. The quantitative estimate of drug-likeness (QED) is 0.188. The first-order valence-electron chi connectivity index (χ1n) is 14.1. The van der Waals surface area contributed by atoms with Gasteiger partial charge in [-0.2, -0.15) is 0 Å². The molecular formula is C34H32BrN5O3. The van der Waals surface area contributed by atoms with Crippen LogP contribution in [0, 0.1) is 0 Å². The average molecular weight is 639 g/mol. The number of amides is 1. The number of hydrogen-bond acceptors (Lipinski definition) is 7. The van der Waals surface area contributed by atoms with E-state index in [9.17, 15) is 4.79 Å². The van der Waals surface area contributed by atoms with Crippen LogP contribution in [0.4, 0.5) is 11.5 Å². The van der Waals surface area contributed by atoms with Gasteiger partial charge in [0, 0.05) is 47.3 Å². The van der Waals surface area contributed by atoms with Crippen LogP contribution in [-0.2, 0) is 13.0 Å². The van der Waals surface area contributed by atoms with E-state index >= 15 is 0 Å². The predicted octanol–water partition coefficient (Wildman–Crippen LogP) is 6.61. The number of carbonyl (C=O) groups excluding carboxylic acids is 1. The number of methoxy groups -OCH3 is 2. The molecule has 1 aromatic heterocycles. The molecule has 0 unspecified atom stereocenters. The Morgan fingerprint density at radius 1 is 0.884 bits per heavy atom. The third kappa shape index (κ3) is 6.48. The largest absolute Gasteiger partial charge is 0.493 e. The smallest absolute Gasteiger partial charge is 0.251 e. The number of fused-ring (bicyclic) bond motifs is 2. The molecule has 0 bridgehead atoms. The van der Waals surface area contributed by atoms with E-state index in [1.54, 1.807) is 20.5 Å². The van der Waals surface area contributed by atoms with Crippen LogP contribution >= 0.6 is 15.9 Å². The summed E-state index contributed by atoms with van der Waals surface area (Å²) in [6.07, 6.45) is 2.50. The van der Waals surface area contributed by atoms with Crippen LogP contribution in [0.3, 0.4) is 0 Å². The number of halogens is 1. The van der Waals surface area contributed by atoms with Crippen molar-refractivity contribution < 1.29 is 14.3 Å². The maximum atomic E-state index is 12.9. The second-order valence-corrected chi connectivity index (χ2v) is 11.3. The van der Waals surface area contributed by atoms with Crippen molar-refractivity contribution in [2.24, 2.45) is 0 Å². The Labute approximate surface area is 259 Å². The zero-order valence-corrected chi connectivity index (χ0v) is 25.6. The van der Waals surface area contributed by atoms with Crippen molar-refractivity contribution in [1.29, 1.82) is 0 Å². The number of carbonyl (C=O) groups is 1. The summed E-state index contributed by atoms with van der Waals surface area (Å²) in [5, 5.41) is 7.39. The Balaban J connectivity index is 1.08. The van der Waals surface area contributed by atoms with E-state index in [4.69, 9.17) is 9.47 Å². The van der Waals surface area contributed by atoms with Gasteiger partial charge in [0.1, 0.15) is 12.1 Å². The third-order valence-electron chi connectivity index (χ3n) is 7.73. The number of hydrogen-bond donors (Lipinski definition) is 2. The first-order chi connectivity index (χ1) is 21.0. The fourth-order valence-corrected chi connectivity index (χ4v) is 5.65. The monoisotopic (exact) mass is 637 g/mol. The molecule has 0 saturated heterocycles. The van der Waals surface area contributed by atoms with E-state index in [0.29, 0.717) is 12.1 Å². The van der Waals surface area contributed by atoms with Crippen LogP contribution in [0.1, 0.15) is 21.5 Å². The number of ether oxygens (including phenoxy) is 2. The van der Waals surface area contributed by atoms with E-state index < -0.39 is 0 Å². The van der Waals surface area contributed by atoms with Gasteiger partial charge in [0.2, 0.25) is 0 Å².